The van der Waals surface area contributed by atoms with E-state index < -0.39 is 15.8 Å². The highest BCUT2D eigenvalue weighted by Crippen LogP contribution is 2.29. The van der Waals surface area contributed by atoms with Crippen LogP contribution in [0.25, 0.3) is 0 Å². The molecule has 0 radical (unpaired) electrons. The van der Waals surface area contributed by atoms with Crippen LogP contribution in [0, 0.1) is 0 Å². The van der Waals surface area contributed by atoms with Gasteiger partial charge in [0.1, 0.15) is 5.92 Å². The second kappa shape index (κ2) is 6.55. The van der Waals surface area contributed by atoms with Gasteiger partial charge in [0.15, 0.2) is 15.7 Å². The zero-order valence-electron chi connectivity index (χ0n) is 12.2. The molecule has 1 fully saturated rings. The average molecular weight is 316 g/mol. The fourth-order valence-electron chi connectivity index (χ4n) is 2.43. The number of nitrogens with zero attached hydrogens (tertiary/aromatic N) is 2. The van der Waals surface area contributed by atoms with Crippen LogP contribution >= 0.6 is 0 Å². The maximum Gasteiger partial charge on any atom is 0.318 e. The van der Waals surface area contributed by atoms with Crippen LogP contribution in [0.5, 0.6) is 0 Å². The highest BCUT2D eigenvalue weighted by molar-refractivity contribution is 7.91. The Balaban J connectivity index is 2.15. The monoisotopic (exact) mass is 316 g/mol. The third-order valence-corrected chi connectivity index (χ3v) is 5.27. The van der Waals surface area contributed by atoms with Crippen molar-refractivity contribution in [2.24, 2.45) is 0 Å². The lowest BCUT2D eigenvalue weighted by Crippen LogP contribution is -2.16. The normalized spacial score (nSPS) is 22.1. The molecule has 1 aromatic rings. The van der Waals surface area contributed by atoms with Crippen LogP contribution < -0.4 is 0 Å². The van der Waals surface area contributed by atoms with Crippen LogP contribution in [0.4, 0.5) is 0 Å². The first kappa shape index (κ1) is 15.9. The van der Waals surface area contributed by atoms with E-state index in [9.17, 15) is 13.2 Å². The second-order valence-corrected chi connectivity index (χ2v) is 7.41. The summed E-state index contributed by atoms with van der Waals surface area (Å²) in [6.45, 7) is 3.98. The van der Waals surface area contributed by atoms with Crippen molar-refractivity contribution in [2.75, 3.05) is 18.1 Å². The van der Waals surface area contributed by atoms with Gasteiger partial charge in [-0.15, -0.1) is 0 Å². The summed E-state index contributed by atoms with van der Waals surface area (Å²) in [4.78, 5) is 16.2. The fourth-order valence-corrected chi connectivity index (χ4v) is 4.17. The van der Waals surface area contributed by atoms with E-state index in [1.165, 1.54) is 0 Å². The van der Waals surface area contributed by atoms with Gasteiger partial charge in [-0.1, -0.05) is 18.5 Å². The van der Waals surface area contributed by atoms with Crippen molar-refractivity contribution in [3.8, 4) is 0 Å². The number of hydrogen-bond acceptors (Lipinski definition) is 7. The van der Waals surface area contributed by atoms with E-state index >= 15 is 0 Å². The van der Waals surface area contributed by atoms with E-state index in [1.54, 1.807) is 6.92 Å². The number of esters is 1. The minimum absolute atomic E-state index is 0.0455. The Morgan fingerprint density at radius 1 is 1.48 bits per heavy atom. The molecule has 0 saturated carbocycles. The van der Waals surface area contributed by atoms with Crippen LogP contribution in [0.2, 0.25) is 0 Å². The molecule has 2 rings (SSSR count). The van der Waals surface area contributed by atoms with Crippen LogP contribution in [-0.4, -0.2) is 42.6 Å². The van der Waals surface area contributed by atoms with E-state index in [-0.39, 0.29) is 29.3 Å². The van der Waals surface area contributed by atoms with Gasteiger partial charge in [-0.05, 0) is 19.8 Å². The average Bonchev–Trinajstić information content (AvgIpc) is 3.02. The summed E-state index contributed by atoms with van der Waals surface area (Å²) in [6, 6.07) is 0. The van der Waals surface area contributed by atoms with Crippen molar-refractivity contribution < 1.29 is 22.5 Å². The summed E-state index contributed by atoms with van der Waals surface area (Å²) in [5.41, 5.74) is 0. The lowest BCUT2D eigenvalue weighted by Gasteiger charge is -2.09. The Bertz CT molecular complexity index is 595. The highest BCUT2D eigenvalue weighted by atomic mass is 32.2. The summed E-state index contributed by atoms with van der Waals surface area (Å²) in [5.74, 6) is -0.410. The molecule has 1 saturated heterocycles. The molecule has 2 unspecified atom stereocenters. The summed E-state index contributed by atoms with van der Waals surface area (Å²) >= 11 is 0. The van der Waals surface area contributed by atoms with Crippen molar-refractivity contribution in [1.29, 1.82) is 0 Å². The number of carbonyl (C=O) groups excluding carboxylic acids is 1. The van der Waals surface area contributed by atoms with Crippen molar-refractivity contribution in [2.45, 2.75) is 44.9 Å². The smallest absolute Gasteiger partial charge is 0.318 e. The Morgan fingerprint density at radius 3 is 2.81 bits per heavy atom. The summed E-state index contributed by atoms with van der Waals surface area (Å²) in [5, 5.41) is 3.85. The fraction of sp³-hybridized carbons (Fsp3) is 0.769. The Hall–Kier alpha value is -1.44. The number of ether oxygens (including phenoxy) is 1. The molecule has 2 atom stereocenters. The summed E-state index contributed by atoms with van der Waals surface area (Å²) < 4.78 is 33.2. The van der Waals surface area contributed by atoms with E-state index in [1.807, 2.05) is 6.92 Å². The number of sulfone groups is 1. The molecule has 0 spiro atoms. The topological polar surface area (TPSA) is 99.4 Å². The predicted molar refractivity (Wildman–Crippen MR) is 74.6 cm³/mol. The van der Waals surface area contributed by atoms with Gasteiger partial charge in [-0.25, -0.2) is 8.42 Å². The largest absolute Gasteiger partial charge is 0.465 e. The number of carbonyl (C=O) groups is 1. The Morgan fingerprint density at radius 2 is 2.24 bits per heavy atom. The highest BCUT2D eigenvalue weighted by Gasteiger charge is 2.34. The second-order valence-electron chi connectivity index (χ2n) is 5.18. The van der Waals surface area contributed by atoms with Crippen molar-refractivity contribution >= 4 is 15.8 Å². The number of aromatic nitrogens is 2. The van der Waals surface area contributed by atoms with Crippen LogP contribution in [0.1, 0.15) is 56.7 Å². The van der Waals surface area contributed by atoms with Gasteiger partial charge in [-0.3, -0.25) is 4.79 Å². The Labute approximate surface area is 124 Å². The molecule has 118 valence electrons. The molecular formula is C13H20N2O5S. The van der Waals surface area contributed by atoms with Gasteiger partial charge < -0.3 is 9.26 Å². The minimum atomic E-state index is -3.00. The van der Waals surface area contributed by atoms with E-state index in [0.717, 1.165) is 6.42 Å². The standard InChI is InChI=1S/C13H20N2O5S/c1-3-5-10(13(16)19-4-2)12-14-11(15-20-12)9-6-7-21(17,18)8-9/h9-10H,3-8H2,1-2H3. The van der Waals surface area contributed by atoms with Gasteiger partial charge in [0.05, 0.1) is 18.1 Å². The zero-order chi connectivity index (χ0) is 15.5. The van der Waals surface area contributed by atoms with Gasteiger partial charge in [0.25, 0.3) is 0 Å². The molecule has 0 bridgehead atoms. The third-order valence-electron chi connectivity index (χ3n) is 3.50. The van der Waals surface area contributed by atoms with Gasteiger partial charge >= 0.3 is 5.97 Å². The molecule has 0 amide bonds. The number of hydrogen-bond donors (Lipinski definition) is 0. The van der Waals surface area contributed by atoms with Gasteiger partial charge in [-0.2, -0.15) is 4.98 Å². The SMILES string of the molecule is CCCC(C(=O)OCC)c1nc(C2CCS(=O)(=O)C2)no1. The molecule has 2 heterocycles. The molecule has 21 heavy (non-hydrogen) atoms. The van der Waals surface area contributed by atoms with Crippen LogP contribution in [0.15, 0.2) is 4.52 Å². The summed E-state index contributed by atoms with van der Waals surface area (Å²) in [7, 11) is -3.00. The molecule has 1 aliphatic heterocycles. The molecular weight excluding hydrogens is 296 g/mol. The number of rotatable bonds is 6. The molecule has 1 aliphatic rings. The first-order chi connectivity index (χ1) is 9.96. The predicted octanol–water partition coefficient (Wildman–Crippen LogP) is 1.42. The van der Waals surface area contributed by atoms with Crippen molar-refractivity contribution in [3.63, 3.8) is 0 Å². The van der Waals surface area contributed by atoms with Crippen LogP contribution in [0.3, 0.4) is 0 Å². The zero-order valence-corrected chi connectivity index (χ0v) is 13.1. The molecule has 8 heteroatoms. The molecule has 0 aliphatic carbocycles. The first-order valence-corrected chi connectivity index (χ1v) is 8.99. The first-order valence-electron chi connectivity index (χ1n) is 7.17. The van der Waals surface area contributed by atoms with Crippen LogP contribution in [-0.2, 0) is 19.4 Å². The maximum absolute atomic E-state index is 11.9. The molecule has 0 aromatic carbocycles. The molecule has 7 nitrogen and oxygen atoms in total. The Kier molecular flexibility index (Phi) is 4.97. The maximum atomic E-state index is 11.9. The third kappa shape index (κ3) is 3.81. The summed E-state index contributed by atoms with van der Waals surface area (Å²) in [6.07, 6.45) is 1.83. The lowest BCUT2D eigenvalue weighted by molar-refractivity contribution is -0.145. The van der Waals surface area contributed by atoms with Crippen molar-refractivity contribution in [1.82, 2.24) is 10.1 Å². The van der Waals surface area contributed by atoms with Gasteiger partial charge in [0.2, 0.25) is 5.89 Å². The van der Waals surface area contributed by atoms with E-state index in [0.29, 0.717) is 25.3 Å². The molecule has 1 aromatic heterocycles. The molecule has 0 N–H and O–H groups in total. The van der Waals surface area contributed by atoms with Gasteiger partial charge in [0, 0.05) is 5.92 Å². The van der Waals surface area contributed by atoms with Crippen molar-refractivity contribution in [3.05, 3.63) is 11.7 Å². The van der Waals surface area contributed by atoms with E-state index in [4.69, 9.17) is 9.26 Å². The minimum Gasteiger partial charge on any atom is -0.465 e. The van der Waals surface area contributed by atoms with E-state index in [2.05, 4.69) is 10.1 Å². The lowest BCUT2D eigenvalue weighted by atomic mass is 10.0. The quantitative estimate of drug-likeness (QED) is 0.732.